The highest BCUT2D eigenvalue weighted by atomic mass is 16.3. The molecule has 114 valence electrons. The van der Waals surface area contributed by atoms with Crippen LogP contribution in [0.4, 0.5) is 0 Å². The number of carbonyl (C=O) groups excluding carboxylic acids is 1. The summed E-state index contributed by atoms with van der Waals surface area (Å²) in [6.07, 6.45) is 0.958. The Morgan fingerprint density at radius 2 is 2.19 bits per heavy atom. The van der Waals surface area contributed by atoms with Crippen LogP contribution in [0.15, 0.2) is 24.3 Å². The van der Waals surface area contributed by atoms with Crippen molar-refractivity contribution in [3.8, 4) is 0 Å². The van der Waals surface area contributed by atoms with E-state index in [1.807, 2.05) is 24.3 Å². The molecule has 1 aliphatic heterocycles. The Morgan fingerprint density at radius 3 is 2.86 bits per heavy atom. The Labute approximate surface area is 125 Å². The van der Waals surface area contributed by atoms with Crippen LogP contribution in [0.1, 0.15) is 37.4 Å². The standard InChI is InChI=1S/C17H24N2O2/c1-11(2)17(7-8-18-10-17)16(21)19-15-13-6-4-3-5-12(13)9-14(15)20/h3-6,11,14-15,18,20H,7-10H2,1-2H3,(H,19,21)/t14-,15+,17?/m1/s1. The van der Waals surface area contributed by atoms with Crippen molar-refractivity contribution in [2.75, 3.05) is 13.1 Å². The van der Waals surface area contributed by atoms with Crippen LogP contribution in [0.2, 0.25) is 0 Å². The van der Waals surface area contributed by atoms with E-state index in [1.54, 1.807) is 0 Å². The quantitative estimate of drug-likeness (QED) is 0.788. The minimum atomic E-state index is -0.523. The highest BCUT2D eigenvalue weighted by Crippen LogP contribution is 2.37. The average Bonchev–Trinajstić information content (AvgIpc) is 3.05. The number of carbonyl (C=O) groups is 1. The normalized spacial score (nSPS) is 31.4. The van der Waals surface area contributed by atoms with Crippen LogP contribution in [0.3, 0.4) is 0 Å². The van der Waals surface area contributed by atoms with Crippen LogP contribution in [0.5, 0.6) is 0 Å². The maximum absolute atomic E-state index is 12.9. The monoisotopic (exact) mass is 288 g/mol. The molecular weight excluding hydrogens is 264 g/mol. The SMILES string of the molecule is CC(C)C1(C(=O)N[C@H]2c3ccccc3C[C@H]2O)CCNC1. The Kier molecular flexibility index (Phi) is 3.76. The first-order valence-corrected chi connectivity index (χ1v) is 7.82. The molecule has 3 rings (SSSR count). The zero-order valence-corrected chi connectivity index (χ0v) is 12.7. The summed E-state index contributed by atoms with van der Waals surface area (Å²) in [5, 5.41) is 16.7. The Morgan fingerprint density at radius 1 is 1.43 bits per heavy atom. The van der Waals surface area contributed by atoms with E-state index in [0.717, 1.165) is 30.6 Å². The lowest BCUT2D eigenvalue weighted by molar-refractivity contribution is -0.134. The van der Waals surface area contributed by atoms with Crippen LogP contribution in [-0.2, 0) is 11.2 Å². The zero-order chi connectivity index (χ0) is 15.0. The summed E-state index contributed by atoms with van der Waals surface area (Å²) < 4.78 is 0. The van der Waals surface area contributed by atoms with Crippen molar-refractivity contribution in [3.63, 3.8) is 0 Å². The molecule has 0 aromatic heterocycles. The van der Waals surface area contributed by atoms with Gasteiger partial charge in [0.15, 0.2) is 0 Å². The van der Waals surface area contributed by atoms with Gasteiger partial charge in [-0.25, -0.2) is 0 Å². The summed E-state index contributed by atoms with van der Waals surface area (Å²) in [6.45, 7) is 5.81. The number of benzene rings is 1. The van der Waals surface area contributed by atoms with Gasteiger partial charge in [0.25, 0.3) is 0 Å². The van der Waals surface area contributed by atoms with E-state index in [2.05, 4.69) is 24.5 Å². The highest BCUT2D eigenvalue weighted by Gasteiger charge is 2.45. The van der Waals surface area contributed by atoms with Crippen molar-refractivity contribution >= 4 is 5.91 Å². The van der Waals surface area contributed by atoms with Gasteiger partial charge in [-0.1, -0.05) is 38.1 Å². The molecule has 3 N–H and O–H groups in total. The van der Waals surface area contributed by atoms with Gasteiger partial charge in [0.2, 0.25) is 5.91 Å². The van der Waals surface area contributed by atoms with Crippen LogP contribution in [0.25, 0.3) is 0 Å². The predicted octanol–water partition coefficient (Wildman–Crippen LogP) is 1.40. The molecule has 3 atom stereocenters. The van der Waals surface area contributed by atoms with Gasteiger partial charge in [-0.05, 0) is 30.0 Å². The molecule has 1 saturated heterocycles. The van der Waals surface area contributed by atoms with E-state index >= 15 is 0 Å². The maximum Gasteiger partial charge on any atom is 0.228 e. The van der Waals surface area contributed by atoms with Crippen LogP contribution in [-0.4, -0.2) is 30.2 Å². The van der Waals surface area contributed by atoms with Gasteiger partial charge in [-0.2, -0.15) is 0 Å². The van der Waals surface area contributed by atoms with Gasteiger partial charge in [0, 0.05) is 13.0 Å². The van der Waals surface area contributed by atoms with E-state index < -0.39 is 6.10 Å². The summed E-state index contributed by atoms with van der Waals surface area (Å²) >= 11 is 0. The van der Waals surface area contributed by atoms with Crippen LogP contribution in [0, 0.1) is 11.3 Å². The molecule has 1 aliphatic carbocycles. The molecule has 1 unspecified atom stereocenters. The first-order valence-electron chi connectivity index (χ1n) is 7.82. The number of nitrogens with one attached hydrogen (secondary N) is 2. The number of hydrogen-bond acceptors (Lipinski definition) is 3. The van der Waals surface area contributed by atoms with Crippen molar-refractivity contribution in [1.82, 2.24) is 10.6 Å². The van der Waals surface area contributed by atoms with E-state index in [1.165, 1.54) is 0 Å². The van der Waals surface area contributed by atoms with Gasteiger partial charge in [-0.15, -0.1) is 0 Å². The molecule has 1 fully saturated rings. The number of fused-ring (bicyclic) bond motifs is 1. The third-order valence-electron chi connectivity index (χ3n) is 5.24. The molecule has 1 aromatic rings. The number of hydrogen-bond donors (Lipinski definition) is 3. The molecule has 4 nitrogen and oxygen atoms in total. The minimum absolute atomic E-state index is 0.0725. The minimum Gasteiger partial charge on any atom is -0.390 e. The zero-order valence-electron chi connectivity index (χ0n) is 12.7. The van der Waals surface area contributed by atoms with Crippen molar-refractivity contribution in [2.45, 2.75) is 38.8 Å². The number of aliphatic hydroxyl groups excluding tert-OH is 1. The van der Waals surface area contributed by atoms with Gasteiger partial charge < -0.3 is 15.7 Å². The second kappa shape index (κ2) is 5.43. The van der Waals surface area contributed by atoms with E-state index in [0.29, 0.717) is 6.42 Å². The van der Waals surface area contributed by atoms with Gasteiger partial charge in [-0.3, -0.25) is 4.79 Å². The third kappa shape index (κ3) is 2.36. The molecule has 0 bridgehead atoms. The number of aliphatic hydroxyl groups is 1. The smallest absolute Gasteiger partial charge is 0.228 e. The van der Waals surface area contributed by atoms with Gasteiger partial charge in [0.05, 0.1) is 17.6 Å². The molecule has 0 spiro atoms. The van der Waals surface area contributed by atoms with Crippen molar-refractivity contribution in [2.24, 2.45) is 11.3 Å². The summed E-state index contributed by atoms with van der Waals surface area (Å²) in [5.74, 6) is 0.351. The van der Waals surface area contributed by atoms with Gasteiger partial charge >= 0.3 is 0 Å². The molecule has 0 saturated carbocycles. The first-order chi connectivity index (χ1) is 10.0. The summed E-state index contributed by atoms with van der Waals surface area (Å²) in [6, 6.07) is 7.70. The summed E-state index contributed by atoms with van der Waals surface area (Å²) in [5.41, 5.74) is 1.85. The molecule has 21 heavy (non-hydrogen) atoms. The highest BCUT2D eigenvalue weighted by molar-refractivity contribution is 5.84. The second-order valence-corrected chi connectivity index (χ2v) is 6.66. The third-order valence-corrected chi connectivity index (χ3v) is 5.24. The van der Waals surface area contributed by atoms with Crippen molar-refractivity contribution < 1.29 is 9.90 Å². The molecule has 1 aromatic carbocycles. The fourth-order valence-electron chi connectivity index (χ4n) is 3.69. The maximum atomic E-state index is 12.9. The molecule has 4 heteroatoms. The van der Waals surface area contributed by atoms with E-state index in [4.69, 9.17) is 0 Å². The topological polar surface area (TPSA) is 61.4 Å². The number of amides is 1. The van der Waals surface area contributed by atoms with Crippen molar-refractivity contribution in [1.29, 1.82) is 0 Å². The van der Waals surface area contributed by atoms with Crippen molar-refractivity contribution in [3.05, 3.63) is 35.4 Å². The lowest BCUT2D eigenvalue weighted by Crippen LogP contribution is -2.48. The van der Waals surface area contributed by atoms with Gasteiger partial charge in [0.1, 0.15) is 0 Å². The molecule has 2 aliphatic rings. The molecule has 0 radical (unpaired) electrons. The Hall–Kier alpha value is -1.39. The van der Waals surface area contributed by atoms with Crippen LogP contribution >= 0.6 is 0 Å². The lowest BCUT2D eigenvalue weighted by atomic mass is 9.75. The fraction of sp³-hybridized carbons (Fsp3) is 0.588. The average molecular weight is 288 g/mol. The van der Waals surface area contributed by atoms with E-state index in [-0.39, 0.29) is 23.3 Å². The second-order valence-electron chi connectivity index (χ2n) is 6.66. The lowest BCUT2D eigenvalue weighted by Gasteiger charge is -2.33. The molecular formula is C17H24N2O2. The summed E-state index contributed by atoms with van der Waals surface area (Å²) in [7, 11) is 0. The van der Waals surface area contributed by atoms with E-state index in [9.17, 15) is 9.90 Å². The predicted molar refractivity (Wildman–Crippen MR) is 81.8 cm³/mol. The first kappa shape index (κ1) is 14.5. The number of rotatable bonds is 3. The molecule has 1 amide bonds. The summed E-state index contributed by atoms with van der Waals surface area (Å²) in [4.78, 5) is 12.9. The Balaban J connectivity index is 1.82. The molecule has 1 heterocycles. The largest absolute Gasteiger partial charge is 0.390 e. The van der Waals surface area contributed by atoms with Crippen LogP contribution < -0.4 is 10.6 Å². The fourth-order valence-corrected chi connectivity index (χ4v) is 3.69. The Bertz CT molecular complexity index is 535.